The number of halogens is 1. The molecule has 0 bridgehead atoms. The van der Waals surface area contributed by atoms with Gasteiger partial charge in [0, 0.05) is 11.1 Å². The van der Waals surface area contributed by atoms with E-state index in [1.807, 2.05) is 6.07 Å². The number of nitrogens with zero attached hydrogens (tertiary/aromatic N) is 2. The summed E-state index contributed by atoms with van der Waals surface area (Å²) < 4.78 is 0.894. The molecule has 0 radical (unpaired) electrons. The molecule has 4 nitrogen and oxygen atoms in total. The first-order chi connectivity index (χ1) is 8.92. The van der Waals surface area contributed by atoms with E-state index in [9.17, 15) is 5.11 Å². The number of hydrogen-bond acceptors (Lipinski definition) is 4. The van der Waals surface area contributed by atoms with E-state index < -0.39 is 0 Å². The van der Waals surface area contributed by atoms with Gasteiger partial charge in [-0.15, -0.1) is 0 Å². The Labute approximate surface area is 125 Å². The van der Waals surface area contributed by atoms with Gasteiger partial charge in [0.1, 0.15) is 17.9 Å². The Bertz CT molecular complexity index is 683. The summed E-state index contributed by atoms with van der Waals surface area (Å²) in [6, 6.07) is 3.62. The topological polar surface area (TPSA) is 72.0 Å². The van der Waals surface area contributed by atoms with Gasteiger partial charge in [0.2, 0.25) is 0 Å². The molecule has 1 aromatic carbocycles. The molecule has 3 N–H and O–H groups in total. The lowest BCUT2D eigenvalue weighted by molar-refractivity contribution is 0.466. The quantitative estimate of drug-likeness (QED) is 0.703. The van der Waals surface area contributed by atoms with Gasteiger partial charge < -0.3 is 10.8 Å². The van der Waals surface area contributed by atoms with Crippen molar-refractivity contribution in [1.82, 2.24) is 9.97 Å². The van der Waals surface area contributed by atoms with Crippen molar-refractivity contribution < 1.29 is 5.11 Å². The zero-order valence-corrected chi connectivity index (χ0v) is 12.9. The highest BCUT2D eigenvalue weighted by Crippen LogP contribution is 2.46. The van der Waals surface area contributed by atoms with Gasteiger partial charge in [-0.3, -0.25) is 0 Å². The van der Waals surface area contributed by atoms with Crippen molar-refractivity contribution in [2.45, 2.75) is 25.7 Å². The predicted molar refractivity (Wildman–Crippen MR) is 83.0 cm³/mol. The lowest BCUT2D eigenvalue weighted by Gasteiger charge is -2.34. The van der Waals surface area contributed by atoms with E-state index in [1.54, 1.807) is 6.07 Å². The van der Waals surface area contributed by atoms with Gasteiger partial charge in [0.15, 0.2) is 0 Å². The maximum absolute atomic E-state index is 9.88. The lowest BCUT2D eigenvalue weighted by atomic mass is 9.72. The second-order valence-corrected chi connectivity index (χ2v) is 6.55. The number of fused-ring (bicyclic) bond motifs is 3. The maximum atomic E-state index is 9.88. The van der Waals surface area contributed by atoms with E-state index in [2.05, 4.69) is 46.4 Å². The Morgan fingerprint density at radius 3 is 2.79 bits per heavy atom. The molecule has 0 atom stereocenters. The first kappa shape index (κ1) is 12.7. The SMILES string of the molecule is CC1(C)Cc2c(ccc(O)c2I)-c2ncnc(N)c21. The summed E-state index contributed by atoms with van der Waals surface area (Å²) in [7, 11) is 0. The van der Waals surface area contributed by atoms with Gasteiger partial charge in [0.05, 0.1) is 9.26 Å². The number of hydrogen-bond donors (Lipinski definition) is 2. The predicted octanol–water partition coefficient (Wildman–Crippen LogP) is 2.87. The van der Waals surface area contributed by atoms with Crippen molar-refractivity contribution in [3.8, 4) is 17.0 Å². The van der Waals surface area contributed by atoms with E-state index in [-0.39, 0.29) is 5.41 Å². The van der Waals surface area contributed by atoms with Crippen LogP contribution >= 0.6 is 22.6 Å². The second-order valence-electron chi connectivity index (χ2n) is 5.47. The molecule has 2 aromatic rings. The number of phenols is 1. The lowest BCUT2D eigenvalue weighted by Crippen LogP contribution is -2.28. The Hall–Kier alpha value is -1.37. The van der Waals surface area contributed by atoms with Crippen molar-refractivity contribution in [3.63, 3.8) is 0 Å². The summed E-state index contributed by atoms with van der Waals surface area (Å²) in [6.07, 6.45) is 2.32. The standard InChI is InChI=1S/C14H14IN3O/c1-14(2)5-8-7(3-4-9(19)11(8)15)12-10(14)13(16)18-6-17-12/h3-4,6,19H,5H2,1-2H3,(H2,16,17,18). The minimum Gasteiger partial charge on any atom is -0.507 e. The zero-order valence-electron chi connectivity index (χ0n) is 10.7. The van der Waals surface area contributed by atoms with Crippen LogP contribution in [0.25, 0.3) is 11.3 Å². The molecule has 1 aliphatic rings. The normalized spacial score (nSPS) is 15.7. The van der Waals surface area contributed by atoms with Crippen LogP contribution in [-0.4, -0.2) is 15.1 Å². The molecular formula is C14H14IN3O. The Balaban J connectivity index is 2.39. The van der Waals surface area contributed by atoms with Gasteiger partial charge in [-0.1, -0.05) is 13.8 Å². The molecule has 3 rings (SSSR count). The van der Waals surface area contributed by atoms with E-state index in [1.165, 1.54) is 6.33 Å². The highest BCUT2D eigenvalue weighted by molar-refractivity contribution is 14.1. The highest BCUT2D eigenvalue weighted by Gasteiger charge is 2.35. The van der Waals surface area contributed by atoms with Gasteiger partial charge in [-0.2, -0.15) is 0 Å². The van der Waals surface area contributed by atoms with E-state index in [0.717, 1.165) is 32.4 Å². The van der Waals surface area contributed by atoms with E-state index >= 15 is 0 Å². The summed E-state index contributed by atoms with van der Waals surface area (Å²) in [5, 5.41) is 9.88. The van der Waals surface area contributed by atoms with Crippen LogP contribution in [0.5, 0.6) is 5.75 Å². The molecule has 0 unspecified atom stereocenters. The molecule has 19 heavy (non-hydrogen) atoms. The van der Waals surface area contributed by atoms with E-state index in [0.29, 0.717) is 11.6 Å². The summed E-state index contributed by atoms with van der Waals surface area (Å²) in [5.41, 5.74) is 9.97. The number of anilines is 1. The van der Waals surface area contributed by atoms with Gasteiger partial charge in [-0.05, 0) is 52.1 Å². The molecule has 0 saturated carbocycles. The summed E-state index contributed by atoms with van der Waals surface area (Å²) in [6.45, 7) is 4.27. The van der Waals surface area contributed by atoms with Crippen LogP contribution in [0.2, 0.25) is 0 Å². The Morgan fingerprint density at radius 1 is 1.32 bits per heavy atom. The van der Waals surface area contributed by atoms with Crippen LogP contribution < -0.4 is 5.73 Å². The molecule has 0 spiro atoms. The summed E-state index contributed by atoms with van der Waals surface area (Å²) in [5.74, 6) is 0.865. The molecule has 0 aliphatic heterocycles. The summed E-state index contributed by atoms with van der Waals surface area (Å²) in [4.78, 5) is 8.53. The molecule has 5 heteroatoms. The van der Waals surface area contributed by atoms with Crippen LogP contribution in [0.3, 0.4) is 0 Å². The monoisotopic (exact) mass is 367 g/mol. The van der Waals surface area contributed by atoms with Crippen molar-refractivity contribution in [2.75, 3.05) is 5.73 Å². The molecule has 1 aromatic heterocycles. The number of benzene rings is 1. The van der Waals surface area contributed by atoms with Crippen LogP contribution in [0.4, 0.5) is 5.82 Å². The number of rotatable bonds is 0. The largest absolute Gasteiger partial charge is 0.507 e. The molecule has 1 aliphatic carbocycles. The van der Waals surface area contributed by atoms with Crippen LogP contribution in [0.15, 0.2) is 18.5 Å². The van der Waals surface area contributed by atoms with Crippen LogP contribution in [0, 0.1) is 3.57 Å². The third-order valence-electron chi connectivity index (χ3n) is 3.65. The van der Waals surface area contributed by atoms with E-state index in [4.69, 9.17) is 5.73 Å². The fourth-order valence-corrected chi connectivity index (χ4v) is 3.47. The first-order valence-corrected chi connectivity index (χ1v) is 7.11. The van der Waals surface area contributed by atoms with Crippen molar-refractivity contribution in [2.24, 2.45) is 0 Å². The van der Waals surface area contributed by atoms with Crippen molar-refractivity contribution >= 4 is 28.4 Å². The Kier molecular flexibility index (Phi) is 2.70. The second kappa shape index (κ2) is 4.06. The van der Waals surface area contributed by atoms with Crippen LogP contribution in [0.1, 0.15) is 25.0 Å². The minimum absolute atomic E-state index is 0.138. The minimum atomic E-state index is -0.138. The molecule has 1 heterocycles. The average molecular weight is 367 g/mol. The molecular weight excluding hydrogens is 353 g/mol. The third-order valence-corrected chi connectivity index (χ3v) is 4.85. The van der Waals surface area contributed by atoms with Crippen molar-refractivity contribution in [3.05, 3.63) is 33.2 Å². The number of nitrogen functional groups attached to an aromatic ring is 1. The Morgan fingerprint density at radius 2 is 2.05 bits per heavy atom. The fourth-order valence-electron chi connectivity index (χ4n) is 2.80. The number of aromatic hydroxyl groups is 1. The fraction of sp³-hybridized carbons (Fsp3) is 0.286. The zero-order chi connectivity index (χ0) is 13.8. The van der Waals surface area contributed by atoms with Gasteiger partial charge in [-0.25, -0.2) is 9.97 Å². The first-order valence-electron chi connectivity index (χ1n) is 6.03. The molecule has 0 fully saturated rings. The molecule has 0 amide bonds. The average Bonchev–Trinajstić information content (AvgIpc) is 2.34. The van der Waals surface area contributed by atoms with Crippen LogP contribution in [-0.2, 0) is 11.8 Å². The number of nitrogens with two attached hydrogens (primary N) is 1. The van der Waals surface area contributed by atoms with Gasteiger partial charge in [0.25, 0.3) is 0 Å². The number of aromatic nitrogens is 2. The van der Waals surface area contributed by atoms with Crippen molar-refractivity contribution in [1.29, 1.82) is 0 Å². The molecule has 0 saturated heterocycles. The third kappa shape index (κ3) is 1.79. The smallest absolute Gasteiger partial charge is 0.131 e. The number of phenolic OH excluding ortho intramolecular Hbond substituents is 1. The molecule has 98 valence electrons. The highest BCUT2D eigenvalue weighted by atomic mass is 127. The van der Waals surface area contributed by atoms with Gasteiger partial charge >= 0.3 is 0 Å². The maximum Gasteiger partial charge on any atom is 0.131 e. The summed E-state index contributed by atoms with van der Waals surface area (Å²) >= 11 is 2.19.